The van der Waals surface area contributed by atoms with Crippen LogP contribution in [0.1, 0.15) is 10.4 Å². The normalized spacial score (nSPS) is 10.2. The fourth-order valence-electron chi connectivity index (χ4n) is 0.964. The van der Waals surface area contributed by atoms with Crippen LogP contribution in [-0.4, -0.2) is 20.2 Å². The Balaban J connectivity index is 2.84. The van der Waals surface area contributed by atoms with E-state index in [1.807, 2.05) is 0 Å². The van der Waals surface area contributed by atoms with Crippen LogP contribution < -0.4 is 4.74 Å². The van der Waals surface area contributed by atoms with Gasteiger partial charge in [-0.2, -0.15) is 8.78 Å². The maximum Gasteiger partial charge on any atom is 0.387 e. The molecule has 2 nitrogen and oxygen atoms in total. The molecule has 0 fully saturated rings. The largest absolute Gasteiger partial charge is 0.435 e. The van der Waals surface area contributed by atoms with E-state index in [1.165, 1.54) is 24.3 Å². The number of Topliss-reactive ketones (excluding diaryl/α,β-unsaturated/α-hetero) is 1. The molecule has 0 unspecified atom stereocenters. The van der Waals surface area contributed by atoms with Gasteiger partial charge in [0.15, 0.2) is 5.78 Å². The topological polar surface area (TPSA) is 26.3 Å². The molecule has 1 aromatic rings. The Morgan fingerprint density at radius 3 is 2.79 bits per heavy atom. The Kier molecular flexibility index (Phi) is 3.62. The lowest BCUT2D eigenvalue weighted by Gasteiger charge is -2.05. The molecule has 0 saturated heterocycles. The summed E-state index contributed by atoms with van der Waals surface area (Å²) in [4.78, 5) is 11.1. The van der Waals surface area contributed by atoms with Crippen LogP contribution in [0.2, 0.25) is 6.32 Å². The van der Waals surface area contributed by atoms with Crippen LogP contribution in [0.25, 0.3) is 0 Å². The zero-order valence-corrected chi connectivity index (χ0v) is 7.24. The van der Waals surface area contributed by atoms with Crippen LogP contribution >= 0.6 is 0 Å². The van der Waals surface area contributed by atoms with Gasteiger partial charge in [-0.15, -0.1) is 0 Å². The van der Waals surface area contributed by atoms with Gasteiger partial charge in [0, 0.05) is 5.56 Å². The number of carbonyl (C=O) groups is 1. The standard InChI is InChI=1S/C9H7BF2O2/c10-5-8(13)6-2-1-3-7(4-6)14-9(11)12/h1-4,9H,5H2. The van der Waals surface area contributed by atoms with Crippen molar-refractivity contribution in [1.29, 1.82) is 0 Å². The van der Waals surface area contributed by atoms with Gasteiger partial charge < -0.3 is 4.74 Å². The summed E-state index contributed by atoms with van der Waals surface area (Å²) in [7, 11) is 5.12. The fraction of sp³-hybridized carbons (Fsp3) is 0.222. The molecule has 1 aromatic carbocycles. The second-order valence-corrected chi connectivity index (χ2v) is 2.53. The molecule has 0 spiro atoms. The summed E-state index contributed by atoms with van der Waals surface area (Å²) in [5, 5.41) is 0. The second-order valence-electron chi connectivity index (χ2n) is 2.53. The molecule has 0 aliphatic heterocycles. The number of alkyl halides is 2. The molecule has 0 atom stereocenters. The van der Waals surface area contributed by atoms with Gasteiger partial charge in [0.25, 0.3) is 0 Å². The molecule has 0 aromatic heterocycles. The van der Waals surface area contributed by atoms with Crippen molar-refractivity contribution in [3.63, 3.8) is 0 Å². The van der Waals surface area contributed by atoms with Crippen LogP contribution in [0.5, 0.6) is 5.75 Å². The molecule has 0 N–H and O–H groups in total. The highest BCUT2D eigenvalue weighted by molar-refractivity contribution is 6.24. The number of rotatable bonds is 4. The third-order valence-corrected chi connectivity index (χ3v) is 1.57. The maximum absolute atomic E-state index is 11.8. The number of carbonyl (C=O) groups excluding carboxylic acids is 1. The molecular weight excluding hydrogens is 189 g/mol. The Bertz CT molecular complexity index is 328. The highest BCUT2D eigenvalue weighted by Gasteiger charge is 2.07. The predicted octanol–water partition coefficient (Wildman–Crippen LogP) is 2.06. The first-order chi connectivity index (χ1) is 6.63. The van der Waals surface area contributed by atoms with Gasteiger partial charge in [-0.25, -0.2) is 0 Å². The minimum Gasteiger partial charge on any atom is -0.435 e. The third-order valence-electron chi connectivity index (χ3n) is 1.57. The summed E-state index contributed by atoms with van der Waals surface area (Å²) < 4.78 is 27.7. The number of hydrogen-bond acceptors (Lipinski definition) is 2. The molecular formula is C9H7BF2O2. The van der Waals surface area contributed by atoms with Gasteiger partial charge in [-0.05, 0) is 18.5 Å². The van der Waals surface area contributed by atoms with Gasteiger partial charge in [0.1, 0.15) is 5.75 Å². The fourth-order valence-corrected chi connectivity index (χ4v) is 0.964. The van der Waals surface area contributed by atoms with Crippen LogP contribution in [-0.2, 0) is 0 Å². The molecule has 14 heavy (non-hydrogen) atoms. The van der Waals surface area contributed by atoms with Gasteiger partial charge in [-0.3, -0.25) is 4.79 Å². The van der Waals surface area contributed by atoms with Crippen molar-refractivity contribution < 1.29 is 18.3 Å². The van der Waals surface area contributed by atoms with E-state index in [2.05, 4.69) is 4.74 Å². The van der Waals surface area contributed by atoms with Gasteiger partial charge >= 0.3 is 6.61 Å². The summed E-state index contributed by atoms with van der Waals surface area (Å²) >= 11 is 0. The SMILES string of the molecule is [B]CC(=O)c1cccc(OC(F)F)c1. The van der Waals surface area contributed by atoms with Crippen LogP contribution in [0.3, 0.4) is 0 Å². The maximum atomic E-state index is 11.8. The predicted molar refractivity (Wildman–Crippen MR) is 48.0 cm³/mol. The average molecular weight is 196 g/mol. The van der Waals surface area contributed by atoms with E-state index in [1.54, 1.807) is 0 Å². The number of benzene rings is 1. The van der Waals surface area contributed by atoms with Crippen molar-refractivity contribution in [2.45, 2.75) is 12.9 Å². The first-order valence-electron chi connectivity index (χ1n) is 3.91. The minimum absolute atomic E-state index is 0.0423. The summed E-state index contributed by atoms with van der Waals surface area (Å²) in [6, 6.07) is 5.54. The van der Waals surface area contributed by atoms with Crippen molar-refractivity contribution in [2.24, 2.45) is 0 Å². The highest BCUT2D eigenvalue weighted by Crippen LogP contribution is 2.16. The molecule has 0 aliphatic carbocycles. The van der Waals surface area contributed by atoms with E-state index < -0.39 is 6.61 Å². The third kappa shape index (κ3) is 2.83. The minimum atomic E-state index is -2.89. The number of ketones is 1. The molecule has 5 heteroatoms. The second kappa shape index (κ2) is 4.74. The molecule has 1 rings (SSSR count). The smallest absolute Gasteiger partial charge is 0.387 e. The summed E-state index contributed by atoms with van der Waals surface area (Å²) in [5.74, 6) is -0.357. The van der Waals surface area contributed by atoms with Gasteiger partial charge in [-0.1, -0.05) is 12.1 Å². The quantitative estimate of drug-likeness (QED) is 0.544. The van der Waals surface area contributed by atoms with E-state index in [0.717, 1.165) is 0 Å². The lowest BCUT2D eigenvalue weighted by molar-refractivity contribution is -0.0498. The highest BCUT2D eigenvalue weighted by atomic mass is 19.3. The van der Waals surface area contributed by atoms with Crippen LogP contribution in [0, 0.1) is 0 Å². The zero-order valence-electron chi connectivity index (χ0n) is 7.24. The van der Waals surface area contributed by atoms with E-state index >= 15 is 0 Å². The number of ether oxygens (including phenoxy) is 1. The zero-order chi connectivity index (χ0) is 10.6. The Morgan fingerprint density at radius 2 is 2.21 bits per heavy atom. The Labute approximate surface area is 81.3 Å². The van der Waals surface area contributed by atoms with Crippen molar-refractivity contribution in [3.8, 4) is 5.75 Å². The molecule has 72 valence electrons. The van der Waals surface area contributed by atoms with Crippen LogP contribution in [0.4, 0.5) is 8.78 Å². The lowest BCUT2D eigenvalue weighted by atomic mass is 9.96. The van der Waals surface area contributed by atoms with Crippen molar-refractivity contribution in [2.75, 3.05) is 0 Å². The van der Waals surface area contributed by atoms with E-state index in [-0.39, 0.29) is 23.4 Å². The molecule has 2 radical (unpaired) electrons. The Morgan fingerprint density at radius 1 is 1.50 bits per heavy atom. The summed E-state index contributed by atoms with van der Waals surface area (Å²) in [5.41, 5.74) is 0.269. The van der Waals surface area contributed by atoms with E-state index in [4.69, 9.17) is 7.85 Å². The van der Waals surface area contributed by atoms with E-state index in [0.29, 0.717) is 0 Å². The average Bonchev–Trinajstić information content (AvgIpc) is 2.16. The molecule has 0 amide bonds. The molecule has 0 aliphatic rings. The molecule has 0 heterocycles. The lowest BCUT2D eigenvalue weighted by Crippen LogP contribution is -2.03. The van der Waals surface area contributed by atoms with Gasteiger partial charge in [0.2, 0.25) is 0 Å². The van der Waals surface area contributed by atoms with Crippen molar-refractivity contribution >= 4 is 13.6 Å². The Hall–Kier alpha value is -1.39. The monoisotopic (exact) mass is 196 g/mol. The molecule has 0 saturated carbocycles. The van der Waals surface area contributed by atoms with Crippen molar-refractivity contribution in [3.05, 3.63) is 29.8 Å². The molecule has 0 bridgehead atoms. The van der Waals surface area contributed by atoms with E-state index in [9.17, 15) is 13.6 Å². The van der Waals surface area contributed by atoms with Gasteiger partial charge in [0.05, 0.1) is 7.85 Å². The van der Waals surface area contributed by atoms with Crippen LogP contribution in [0.15, 0.2) is 24.3 Å². The van der Waals surface area contributed by atoms with Crippen molar-refractivity contribution in [1.82, 2.24) is 0 Å². The number of hydrogen-bond donors (Lipinski definition) is 0. The first kappa shape index (κ1) is 10.7. The summed E-state index contributed by atoms with van der Waals surface area (Å²) in [6.45, 7) is -2.89. The number of halogens is 2. The summed E-state index contributed by atoms with van der Waals surface area (Å²) in [6.07, 6.45) is -0.155. The first-order valence-corrected chi connectivity index (χ1v) is 3.91.